The van der Waals surface area contributed by atoms with Crippen LogP contribution in [-0.2, 0) is 30.2 Å². The molecule has 0 bridgehead atoms. The van der Waals surface area contributed by atoms with Gasteiger partial charge in [0.2, 0.25) is 11.9 Å². The predicted molar refractivity (Wildman–Crippen MR) is 152 cm³/mol. The molecule has 13 heteroatoms. The van der Waals surface area contributed by atoms with Gasteiger partial charge in [-0.1, -0.05) is 23.7 Å². The van der Waals surface area contributed by atoms with Crippen LogP contribution in [0.15, 0.2) is 58.1 Å². The molecule has 2 aromatic carbocycles. The van der Waals surface area contributed by atoms with Crippen molar-refractivity contribution in [1.82, 2.24) is 23.6 Å². The second kappa shape index (κ2) is 10.3. The molecule has 2 aromatic heterocycles. The quantitative estimate of drug-likeness (QED) is 0.332. The maximum absolute atomic E-state index is 13.4. The van der Waals surface area contributed by atoms with Gasteiger partial charge < -0.3 is 4.90 Å². The van der Waals surface area contributed by atoms with E-state index in [4.69, 9.17) is 16.6 Å². The number of imide groups is 1. The van der Waals surface area contributed by atoms with Crippen LogP contribution in [0.5, 0.6) is 0 Å². The number of anilines is 2. The normalized spacial score (nSPS) is 18.2. The van der Waals surface area contributed by atoms with Crippen molar-refractivity contribution in [2.75, 3.05) is 36.0 Å². The first-order valence-corrected chi connectivity index (χ1v) is 13.5. The maximum atomic E-state index is 13.4. The van der Waals surface area contributed by atoms with Crippen molar-refractivity contribution in [1.29, 1.82) is 0 Å². The van der Waals surface area contributed by atoms with E-state index in [0.717, 1.165) is 15.0 Å². The number of aromatic nitrogens is 4. The molecule has 4 heterocycles. The minimum atomic E-state index is -0.615. The lowest BCUT2D eigenvalue weighted by Crippen LogP contribution is -2.53. The summed E-state index contributed by atoms with van der Waals surface area (Å²) in [5, 5.41) is 0.594. The zero-order valence-corrected chi connectivity index (χ0v) is 23.2. The molecule has 2 aliphatic heterocycles. The molecule has 0 aliphatic carbocycles. The number of imidazole rings is 1. The number of carbonyl (C=O) groups excluding carboxylic acids is 2. The Balaban J connectivity index is 1.29. The van der Waals surface area contributed by atoms with Crippen molar-refractivity contribution >= 4 is 46.2 Å². The Kier molecular flexibility index (Phi) is 6.74. The zero-order chi connectivity index (χ0) is 29.0. The lowest BCUT2D eigenvalue weighted by molar-refractivity contribution is -0.123. The first-order chi connectivity index (χ1) is 19.6. The maximum Gasteiger partial charge on any atom is 0.332 e. The molecule has 2 amide bonds. The largest absolute Gasteiger partial charge is 0.340 e. The Morgan fingerprint density at radius 2 is 1.56 bits per heavy atom. The average molecular weight is 580 g/mol. The van der Waals surface area contributed by atoms with Crippen molar-refractivity contribution in [3.63, 3.8) is 0 Å². The van der Waals surface area contributed by atoms with Crippen LogP contribution in [0.1, 0.15) is 12.0 Å². The Morgan fingerprint density at radius 1 is 0.902 bits per heavy atom. The van der Waals surface area contributed by atoms with E-state index in [2.05, 4.69) is 0 Å². The highest BCUT2D eigenvalue weighted by atomic mass is 35.5. The van der Waals surface area contributed by atoms with Crippen molar-refractivity contribution in [3.05, 3.63) is 85.8 Å². The Labute approximate surface area is 238 Å². The fourth-order valence-electron chi connectivity index (χ4n) is 5.59. The third-order valence-electron chi connectivity index (χ3n) is 7.83. The summed E-state index contributed by atoms with van der Waals surface area (Å²) in [4.78, 5) is 61.8. The molecular weight excluding hydrogens is 553 g/mol. The molecule has 2 saturated heterocycles. The number of hydrogen-bond acceptors (Lipinski definition) is 7. The SMILES string of the molecule is Cn1c(=O)c2c(nc(N3CCN(C4CC(=O)N(c5ccc(F)cc5)C4=O)CC3)n2Cc2ccc(Cl)cc2)n(C)c1=O. The number of hydrogen-bond donors (Lipinski definition) is 0. The number of nitrogens with zero attached hydrogens (tertiary/aromatic N) is 7. The van der Waals surface area contributed by atoms with Gasteiger partial charge in [-0.2, -0.15) is 4.98 Å². The monoisotopic (exact) mass is 579 g/mol. The van der Waals surface area contributed by atoms with Crippen LogP contribution in [0.3, 0.4) is 0 Å². The summed E-state index contributed by atoms with van der Waals surface area (Å²) < 4.78 is 17.6. The van der Waals surface area contributed by atoms with Crippen molar-refractivity contribution in [2.24, 2.45) is 14.1 Å². The van der Waals surface area contributed by atoms with E-state index in [-0.39, 0.29) is 23.9 Å². The summed E-state index contributed by atoms with van der Waals surface area (Å²) >= 11 is 6.08. The van der Waals surface area contributed by atoms with Gasteiger partial charge in [-0.25, -0.2) is 14.1 Å². The summed E-state index contributed by atoms with van der Waals surface area (Å²) in [5.74, 6) is -0.561. The third kappa shape index (κ3) is 4.62. The minimum absolute atomic E-state index is 0.0451. The molecule has 0 N–H and O–H groups in total. The van der Waals surface area contributed by atoms with Gasteiger partial charge in [-0.05, 0) is 42.0 Å². The number of aryl methyl sites for hydroxylation is 1. The number of piperazine rings is 1. The van der Waals surface area contributed by atoms with E-state index in [0.29, 0.717) is 54.9 Å². The second-order valence-electron chi connectivity index (χ2n) is 10.3. The Hall–Kier alpha value is -4.29. The number of carbonyl (C=O) groups is 2. The molecule has 0 spiro atoms. The van der Waals surface area contributed by atoms with Crippen molar-refractivity contribution < 1.29 is 14.0 Å². The van der Waals surface area contributed by atoms with Crippen LogP contribution in [-0.4, -0.2) is 67.6 Å². The third-order valence-corrected chi connectivity index (χ3v) is 8.08. The van der Waals surface area contributed by atoms with Crippen LogP contribution in [0.2, 0.25) is 5.02 Å². The molecule has 4 aromatic rings. The highest BCUT2D eigenvalue weighted by Crippen LogP contribution is 2.28. The van der Waals surface area contributed by atoms with Gasteiger partial charge >= 0.3 is 5.69 Å². The number of benzene rings is 2. The fraction of sp³-hybridized carbons (Fsp3) is 0.321. The average Bonchev–Trinajstić information content (AvgIpc) is 3.49. The van der Waals surface area contributed by atoms with Gasteiger partial charge in [0.25, 0.3) is 11.5 Å². The first kappa shape index (κ1) is 26.9. The zero-order valence-electron chi connectivity index (χ0n) is 22.5. The summed E-state index contributed by atoms with van der Waals surface area (Å²) in [6.07, 6.45) is 0.0451. The van der Waals surface area contributed by atoms with Gasteiger partial charge in [-0.15, -0.1) is 0 Å². The molecule has 1 atom stereocenters. The molecular formula is C28H27ClFN7O4. The van der Waals surface area contributed by atoms with Crippen LogP contribution >= 0.6 is 11.6 Å². The number of rotatable bonds is 5. The van der Waals surface area contributed by atoms with Gasteiger partial charge in [0.05, 0.1) is 24.7 Å². The van der Waals surface area contributed by atoms with E-state index in [1.807, 2.05) is 26.5 Å². The smallest absolute Gasteiger partial charge is 0.332 e. The minimum Gasteiger partial charge on any atom is -0.340 e. The fourth-order valence-corrected chi connectivity index (χ4v) is 5.72. The van der Waals surface area contributed by atoms with Crippen LogP contribution in [0.4, 0.5) is 16.0 Å². The van der Waals surface area contributed by atoms with E-state index in [1.165, 1.54) is 35.9 Å². The Bertz CT molecular complexity index is 1790. The van der Waals surface area contributed by atoms with E-state index in [9.17, 15) is 23.6 Å². The number of halogens is 2. The van der Waals surface area contributed by atoms with Gasteiger partial charge in [0.1, 0.15) is 5.82 Å². The summed E-state index contributed by atoms with van der Waals surface area (Å²) in [5.41, 5.74) is 0.950. The summed E-state index contributed by atoms with van der Waals surface area (Å²) in [6, 6.07) is 12.0. The predicted octanol–water partition coefficient (Wildman–Crippen LogP) is 1.73. The van der Waals surface area contributed by atoms with E-state index >= 15 is 0 Å². The van der Waals surface area contributed by atoms with Crippen LogP contribution in [0.25, 0.3) is 11.2 Å². The molecule has 0 radical (unpaired) electrons. The van der Waals surface area contributed by atoms with Crippen LogP contribution < -0.4 is 21.0 Å². The standard InChI is InChI=1S/C28H27ClFN7O4/c1-32-24-23(26(40)33(2)28(32)41)36(16-17-3-5-18(29)6-4-17)27(31-24)35-13-11-34(12-14-35)21-15-22(38)37(25(21)39)20-9-7-19(30)8-10-20/h3-10,21H,11-16H2,1-2H3. The number of amides is 2. The first-order valence-electron chi connectivity index (χ1n) is 13.2. The number of fused-ring (bicyclic) bond motifs is 1. The van der Waals surface area contributed by atoms with E-state index in [1.54, 1.807) is 19.2 Å². The van der Waals surface area contributed by atoms with Crippen molar-refractivity contribution in [2.45, 2.75) is 19.0 Å². The molecule has 212 valence electrons. The molecule has 6 rings (SSSR count). The lowest BCUT2D eigenvalue weighted by atomic mass is 10.1. The van der Waals surface area contributed by atoms with Gasteiger partial charge in [-0.3, -0.25) is 33.0 Å². The molecule has 11 nitrogen and oxygen atoms in total. The molecule has 0 saturated carbocycles. The molecule has 1 unspecified atom stereocenters. The van der Waals surface area contributed by atoms with Gasteiger partial charge in [0, 0.05) is 45.3 Å². The molecule has 2 fully saturated rings. The Morgan fingerprint density at radius 3 is 2.22 bits per heavy atom. The highest BCUT2D eigenvalue weighted by molar-refractivity contribution is 6.30. The highest BCUT2D eigenvalue weighted by Gasteiger charge is 2.43. The lowest BCUT2D eigenvalue weighted by Gasteiger charge is -2.37. The summed E-state index contributed by atoms with van der Waals surface area (Å²) in [7, 11) is 3.03. The topological polar surface area (TPSA) is 106 Å². The van der Waals surface area contributed by atoms with Crippen molar-refractivity contribution in [3.8, 4) is 0 Å². The van der Waals surface area contributed by atoms with Gasteiger partial charge in [0.15, 0.2) is 11.2 Å². The molecule has 2 aliphatic rings. The van der Waals surface area contributed by atoms with E-state index < -0.39 is 23.1 Å². The van der Waals surface area contributed by atoms with Crippen LogP contribution in [0, 0.1) is 5.82 Å². The second-order valence-corrected chi connectivity index (χ2v) is 10.7. The molecule has 41 heavy (non-hydrogen) atoms. The summed E-state index contributed by atoms with van der Waals surface area (Å²) in [6.45, 7) is 2.24.